The lowest BCUT2D eigenvalue weighted by atomic mass is 10.1. The zero-order chi connectivity index (χ0) is 18.3. The molecule has 25 heavy (non-hydrogen) atoms. The number of hydrogen-bond donors (Lipinski definition) is 1. The fraction of sp³-hybridized carbons (Fsp3) is 1.00. The second-order valence-corrected chi connectivity index (χ2v) is 6.93. The molecule has 4 atom stereocenters. The van der Waals surface area contributed by atoms with E-state index in [1.165, 1.54) is 12.8 Å². The van der Waals surface area contributed by atoms with Gasteiger partial charge in [-0.05, 0) is 19.3 Å². The van der Waals surface area contributed by atoms with Crippen LogP contribution in [0.15, 0.2) is 0 Å². The van der Waals surface area contributed by atoms with Crippen molar-refractivity contribution >= 4 is 0 Å². The van der Waals surface area contributed by atoms with Gasteiger partial charge in [-0.1, -0.05) is 59.3 Å². The highest BCUT2D eigenvalue weighted by atomic mass is 16.7. The maximum absolute atomic E-state index is 10.2. The monoisotopic (exact) mass is 360 g/mol. The van der Waals surface area contributed by atoms with Gasteiger partial charge in [-0.3, -0.25) is 0 Å². The lowest BCUT2D eigenvalue weighted by Gasteiger charge is -2.24. The van der Waals surface area contributed by atoms with Crippen LogP contribution in [0, 0.1) is 0 Å². The lowest BCUT2D eigenvalue weighted by molar-refractivity contribution is -0.150. The Morgan fingerprint density at radius 1 is 0.720 bits per heavy atom. The molecule has 1 aliphatic heterocycles. The first-order valence-corrected chi connectivity index (χ1v) is 10.4. The molecule has 0 aromatic heterocycles. The number of ether oxygens (including phenoxy) is 4. The van der Waals surface area contributed by atoms with Gasteiger partial charge >= 0.3 is 0 Å². The maximum Gasteiger partial charge on any atom is 0.184 e. The molecule has 1 saturated heterocycles. The molecular weight excluding hydrogens is 320 g/mol. The average Bonchev–Trinajstić information content (AvgIpc) is 2.90. The van der Waals surface area contributed by atoms with Gasteiger partial charge in [0.15, 0.2) is 6.29 Å². The summed E-state index contributed by atoms with van der Waals surface area (Å²) >= 11 is 0. The van der Waals surface area contributed by atoms with Crippen LogP contribution in [-0.4, -0.2) is 56.1 Å². The zero-order valence-electron chi connectivity index (χ0n) is 16.6. The summed E-state index contributed by atoms with van der Waals surface area (Å²) in [6.07, 6.45) is 8.19. The highest BCUT2D eigenvalue weighted by Crippen LogP contribution is 2.26. The standard InChI is InChI=1S/C20H40O5/c1-4-7-10-13-22-16-17-18(23-14-11-8-5-2)19(20(21)25-17)24-15-12-9-6-3/h17-21H,4-16H2,1-3H3/t17-,18-,19-,20-/m1/s1. The first-order chi connectivity index (χ1) is 12.2. The highest BCUT2D eigenvalue weighted by Gasteiger charge is 2.45. The molecule has 0 aliphatic carbocycles. The molecule has 150 valence electrons. The van der Waals surface area contributed by atoms with Crippen LogP contribution >= 0.6 is 0 Å². The zero-order valence-corrected chi connectivity index (χ0v) is 16.6. The number of hydrogen-bond acceptors (Lipinski definition) is 5. The van der Waals surface area contributed by atoms with Gasteiger partial charge in [-0.2, -0.15) is 0 Å². The fourth-order valence-electron chi connectivity index (χ4n) is 3.02. The van der Waals surface area contributed by atoms with E-state index in [9.17, 15) is 5.11 Å². The van der Waals surface area contributed by atoms with Crippen molar-refractivity contribution in [2.45, 2.75) is 103 Å². The van der Waals surface area contributed by atoms with E-state index < -0.39 is 12.4 Å². The van der Waals surface area contributed by atoms with Crippen LogP contribution < -0.4 is 0 Å². The summed E-state index contributed by atoms with van der Waals surface area (Å²) in [6.45, 7) is 9.02. The molecule has 0 radical (unpaired) electrons. The molecule has 0 bridgehead atoms. The second-order valence-electron chi connectivity index (χ2n) is 6.93. The molecule has 5 nitrogen and oxygen atoms in total. The Kier molecular flexibility index (Phi) is 13.6. The minimum Gasteiger partial charge on any atom is -0.379 e. The van der Waals surface area contributed by atoms with Crippen LogP contribution in [0.1, 0.15) is 78.6 Å². The largest absolute Gasteiger partial charge is 0.379 e. The highest BCUT2D eigenvalue weighted by molar-refractivity contribution is 4.89. The van der Waals surface area contributed by atoms with Gasteiger partial charge in [0.25, 0.3) is 0 Å². The van der Waals surface area contributed by atoms with E-state index in [1.807, 2.05) is 0 Å². The summed E-state index contributed by atoms with van der Waals surface area (Å²) in [4.78, 5) is 0. The summed E-state index contributed by atoms with van der Waals surface area (Å²) in [6, 6.07) is 0. The number of aliphatic hydroxyl groups is 1. The maximum atomic E-state index is 10.2. The van der Waals surface area contributed by atoms with Crippen LogP contribution in [0.5, 0.6) is 0 Å². The van der Waals surface area contributed by atoms with E-state index in [4.69, 9.17) is 18.9 Å². The Bertz CT molecular complexity index is 300. The molecular formula is C20H40O5. The van der Waals surface area contributed by atoms with Gasteiger partial charge in [0.05, 0.1) is 6.61 Å². The van der Waals surface area contributed by atoms with Crippen LogP contribution in [0.3, 0.4) is 0 Å². The van der Waals surface area contributed by atoms with Gasteiger partial charge in [0.1, 0.15) is 18.3 Å². The van der Waals surface area contributed by atoms with Crippen molar-refractivity contribution in [2.75, 3.05) is 26.4 Å². The topological polar surface area (TPSA) is 57.2 Å². The molecule has 1 fully saturated rings. The summed E-state index contributed by atoms with van der Waals surface area (Å²) in [5, 5.41) is 10.2. The van der Waals surface area contributed by atoms with E-state index in [0.29, 0.717) is 19.8 Å². The van der Waals surface area contributed by atoms with Crippen LogP contribution in [0.4, 0.5) is 0 Å². The molecule has 1 rings (SSSR count). The van der Waals surface area contributed by atoms with E-state index in [0.717, 1.165) is 51.6 Å². The van der Waals surface area contributed by atoms with Crippen molar-refractivity contribution in [3.8, 4) is 0 Å². The minimum atomic E-state index is -0.929. The molecule has 1 N–H and O–H groups in total. The first-order valence-electron chi connectivity index (χ1n) is 10.4. The molecule has 0 aromatic rings. The molecule has 1 heterocycles. The van der Waals surface area contributed by atoms with Crippen LogP contribution in [-0.2, 0) is 18.9 Å². The van der Waals surface area contributed by atoms with Gasteiger partial charge in [0, 0.05) is 19.8 Å². The van der Waals surface area contributed by atoms with Gasteiger partial charge in [-0.15, -0.1) is 0 Å². The van der Waals surface area contributed by atoms with E-state index >= 15 is 0 Å². The average molecular weight is 361 g/mol. The van der Waals surface area contributed by atoms with Crippen molar-refractivity contribution < 1.29 is 24.1 Å². The Hall–Kier alpha value is -0.200. The van der Waals surface area contributed by atoms with Crippen molar-refractivity contribution in [1.82, 2.24) is 0 Å². The Morgan fingerprint density at radius 2 is 1.24 bits per heavy atom. The molecule has 0 saturated carbocycles. The SMILES string of the molecule is CCCCCOC[C@H]1O[C@@H](O)[C@H](OCCCCC)[C@@H]1OCCCCC. The third kappa shape index (κ3) is 9.34. The minimum absolute atomic E-state index is 0.250. The van der Waals surface area contributed by atoms with Crippen molar-refractivity contribution in [3.63, 3.8) is 0 Å². The summed E-state index contributed by atoms with van der Waals surface area (Å²) in [5.41, 5.74) is 0. The number of aliphatic hydroxyl groups excluding tert-OH is 1. The second kappa shape index (κ2) is 14.9. The van der Waals surface area contributed by atoms with Crippen LogP contribution in [0.2, 0.25) is 0 Å². The third-order valence-corrected chi connectivity index (χ3v) is 4.58. The quantitative estimate of drug-likeness (QED) is 0.421. The van der Waals surface area contributed by atoms with Crippen molar-refractivity contribution in [3.05, 3.63) is 0 Å². The van der Waals surface area contributed by atoms with Crippen LogP contribution in [0.25, 0.3) is 0 Å². The molecule has 1 aliphatic rings. The lowest BCUT2D eigenvalue weighted by Crippen LogP contribution is -2.39. The molecule has 0 unspecified atom stereocenters. The summed E-state index contributed by atoms with van der Waals surface area (Å²) < 4.78 is 23.4. The molecule has 0 amide bonds. The predicted molar refractivity (Wildman–Crippen MR) is 99.8 cm³/mol. The van der Waals surface area contributed by atoms with Gasteiger partial charge in [0.2, 0.25) is 0 Å². The van der Waals surface area contributed by atoms with E-state index in [-0.39, 0.29) is 12.2 Å². The predicted octanol–water partition coefficient (Wildman–Crippen LogP) is 4.06. The Balaban J connectivity index is 2.45. The Morgan fingerprint density at radius 3 is 1.80 bits per heavy atom. The van der Waals surface area contributed by atoms with Crippen molar-refractivity contribution in [1.29, 1.82) is 0 Å². The molecule has 0 spiro atoms. The Labute approximate surface area is 154 Å². The number of rotatable bonds is 16. The van der Waals surface area contributed by atoms with Gasteiger partial charge in [-0.25, -0.2) is 0 Å². The number of unbranched alkanes of at least 4 members (excludes halogenated alkanes) is 6. The summed E-state index contributed by atoms with van der Waals surface area (Å²) in [7, 11) is 0. The normalized spacial score (nSPS) is 26.4. The summed E-state index contributed by atoms with van der Waals surface area (Å²) in [5.74, 6) is 0. The van der Waals surface area contributed by atoms with Crippen molar-refractivity contribution in [2.24, 2.45) is 0 Å². The van der Waals surface area contributed by atoms with Gasteiger partial charge < -0.3 is 24.1 Å². The van der Waals surface area contributed by atoms with E-state index in [2.05, 4.69) is 20.8 Å². The fourth-order valence-corrected chi connectivity index (χ4v) is 3.02. The van der Waals surface area contributed by atoms with E-state index in [1.54, 1.807) is 0 Å². The molecule has 5 heteroatoms. The molecule has 0 aromatic carbocycles. The first kappa shape index (κ1) is 22.8. The smallest absolute Gasteiger partial charge is 0.184 e. The third-order valence-electron chi connectivity index (χ3n) is 4.58.